The van der Waals surface area contributed by atoms with E-state index >= 15 is 0 Å². The molecule has 11 nitrogen and oxygen atoms in total. The standard InChI is InChI=1S/C20H18N4O.C7H11N5O/c1-3-18-22-17-11-7-10-16(14-12-21-23(2)13-14)19(17)20(25)24(18)15-8-5-4-6-9-15;1-12(2)6(13)4-3-10-7(9)11-5(4)8/h4-13H,3H2,1-2H3;3H,1-2H3,(H4,8,9,10,11). The van der Waals surface area contributed by atoms with E-state index in [2.05, 4.69) is 15.1 Å². The number of para-hydroxylation sites is 1. The van der Waals surface area contributed by atoms with E-state index in [1.54, 1.807) is 29.5 Å². The molecule has 5 aromatic rings. The molecule has 3 aromatic heterocycles. The Morgan fingerprint density at radius 1 is 1.00 bits per heavy atom. The summed E-state index contributed by atoms with van der Waals surface area (Å²) in [6, 6.07) is 15.4. The van der Waals surface area contributed by atoms with Gasteiger partial charge in [0.15, 0.2) is 0 Å². The molecular weight excluding hydrogens is 482 g/mol. The predicted molar refractivity (Wildman–Crippen MR) is 148 cm³/mol. The molecule has 0 aliphatic rings. The molecule has 0 saturated carbocycles. The number of amides is 1. The average Bonchev–Trinajstić information content (AvgIpc) is 3.34. The van der Waals surface area contributed by atoms with Crippen molar-refractivity contribution in [3.05, 3.63) is 88.9 Å². The smallest absolute Gasteiger partial charge is 0.266 e. The molecular formula is C27H29N9O2. The van der Waals surface area contributed by atoms with Crippen molar-refractivity contribution >= 4 is 28.6 Å². The summed E-state index contributed by atoms with van der Waals surface area (Å²) in [4.78, 5) is 38.3. The van der Waals surface area contributed by atoms with Gasteiger partial charge in [0.2, 0.25) is 5.95 Å². The number of nitrogens with two attached hydrogens (primary N) is 2. The van der Waals surface area contributed by atoms with Crippen LogP contribution in [0.4, 0.5) is 11.8 Å². The van der Waals surface area contributed by atoms with Gasteiger partial charge in [-0.1, -0.05) is 37.3 Å². The maximum atomic E-state index is 13.4. The summed E-state index contributed by atoms with van der Waals surface area (Å²) < 4.78 is 3.44. The number of benzene rings is 2. The van der Waals surface area contributed by atoms with E-state index in [1.165, 1.54) is 11.1 Å². The van der Waals surface area contributed by atoms with Crippen molar-refractivity contribution in [3.63, 3.8) is 0 Å². The molecule has 0 bridgehead atoms. The van der Waals surface area contributed by atoms with E-state index in [9.17, 15) is 9.59 Å². The van der Waals surface area contributed by atoms with Crippen molar-refractivity contribution < 1.29 is 4.79 Å². The fourth-order valence-corrected chi connectivity index (χ4v) is 3.97. The zero-order chi connectivity index (χ0) is 27.4. The maximum Gasteiger partial charge on any atom is 0.266 e. The predicted octanol–water partition coefficient (Wildman–Crippen LogP) is 2.69. The topological polar surface area (TPSA) is 151 Å². The number of hydrogen-bond donors (Lipinski definition) is 2. The van der Waals surface area contributed by atoms with Crippen LogP contribution in [0.1, 0.15) is 23.1 Å². The van der Waals surface area contributed by atoms with Gasteiger partial charge in [-0.2, -0.15) is 10.1 Å². The number of carbonyl (C=O) groups is 1. The van der Waals surface area contributed by atoms with Crippen LogP contribution in [0.2, 0.25) is 0 Å². The summed E-state index contributed by atoms with van der Waals surface area (Å²) in [5.41, 5.74) is 14.3. The maximum absolute atomic E-state index is 13.4. The highest BCUT2D eigenvalue weighted by Crippen LogP contribution is 2.26. The Hall–Kier alpha value is -5.06. The van der Waals surface area contributed by atoms with E-state index in [4.69, 9.17) is 16.5 Å². The molecule has 0 fully saturated rings. The fraction of sp³-hybridized carbons (Fsp3) is 0.185. The molecule has 0 radical (unpaired) electrons. The number of nitrogens with zero attached hydrogens (tertiary/aromatic N) is 7. The summed E-state index contributed by atoms with van der Waals surface area (Å²) in [6.07, 6.45) is 5.68. The highest BCUT2D eigenvalue weighted by Gasteiger charge is 2.16. The van der Waals surface area contributed by atoms with Crippen molar-refractivity contribution in [3.8, 4) is 16.8 Å². The van der Waals surface area contributed by atoms with Gasteiger partial charge in [0, 0.05) is 45.5 Å². The third-order valence-electron chi connectivity index (χ3n) is 5.79. The molecule has 2 aromatic carbocycles. The van der Waals surface area contributed by atoms with Gasteiger partial charge in [-0.15, -0.1) is 0 Å². The van der Waals surface area contributed by atoms with Gasteiger partial charge in [-0.05, 0) is 23.8 Å². The van der Waals surface area contributed by atoms with Gasteiger partial charge >= 0.3 is 0 Å². The van der Waals surface area contributed by atoms with Crippen LogP contribution in [0.3, 0.4) is 0 Å². The normalized spacial score (nSPS) is 10.6. The number of nitrogen functional groups attached to an aromatic ring is 2. The fourth-order valence-electron chi connectivity index (χ4n) is 3.97. The monoisotopic (exact) mass is 511 g/mol. The lowest BCUT2D eigenvalue weighted by Crippen LogP contribution is -2.24. The van der Waals surface area contributed by atoms with Crippen LogP contribution in [-0.2, 0) is 13.5 Å². The van der Waals surface area contributed by atoms with Gasteiger partial charge in [0.25, 0.3) is 11.5 Å². The van der Waals surface area contributed by atoms with Gasteiger partial charge in [0.05, 0.1) is 22.8 Å². The second kappa shape index (κ2) is 10.9. The van der Waals surface area contributed by atoms with E-state index in [-0.39, 0.29) is 28.8 Å². The Balaban J connectivity index is 0.000000219. The quantitative estimate of drug-likeness (QED) is 0.374. The Bertz CT molecular complexity index is 1660. The third-order valence-corrected chi connectivity index (χ3v) is 5.79. The molecule has 0 aliphatic carbocycles. The largest absolute Gasteiger partial charge is 0.383 e. The molecule has 0 aliphatic heterocycles. The third kappa shape index (κ3) is 5.21. The van der Waals surface area contributed by atoms with Gasteiger partial charge in [0.1, 0.15) is 17.2 Å². The van der Waals surface area contributed by atoms with Crippen LogP contribution >= 0.6 is 0 Å². The number of aromatic nitrogens is 6. The molecule has 5 rings (SSSR count). The van der Waals surface area contributed by atoms with E-state index < -0.39 is 0 Å². The first-order valence-corrected chi connectivity index (χ1v) is 11.9. The van der Waals surface area contributed by atoms with Gasteiger partial charge in [-0.25, -0.2) is 9.97 Å². The van der Waals surface area contributed by atoms with Crippen LogP contribution in [0.15, 0.2) is 71.9 Å². The van der Waals surface area contributed by atoms with E-state index in [0.29, 0.717) is 11.8 Å². The van der Waals surface area contributed by atoms with Crippen LogP contribution in [0.5, 0.6) is 0 Å². The molecule has 11 heteroatoms. The summed E-state index contributed by atoms with van der Waals surface area (Å²) in [5, 5.41) is 4.85. The molecule has 194 valence electrons. The minimum atomic E-state index is -0.238. The van der Waals surface area contributed by atoms with Gasteiger partial charge in [-0.3, -0.25) is 18.8 Å². The summed E-state index contributed by atoms with van der Waals surface area (Å²) in [5.74, 6) is 0.684. The number of aryl methyl sites for hydroxylation is 2. The van der Waals surface area contributed by atoms with Crippen molar-refractivity contribution in [2.75, 3.05) is 25.6 Å². The first kappa shape index (κ1) is 26.0. The highest BCUT2D eigenvalue weighted by atomic mass is 16.2. The minimum Gasteiger partial charge on any atom is -0.383 e. The van der Waals surface area contributed by atoms with Crippen LogP contribution in [-0.4, -0.2) is 54.2 Å². The zero-order valence-corrected chi connectivity index (χ0v) is 21.7. The summed E-state index contributed by atoms with van der Waals surface area (Å²) in [7, 11) is 5.11. The Kier molecular flexibility index (Phi) is 7.47. The van der Waals surface area contributed by atoms with Crippen LogP contribution in [0, 0.1) is 0 Å². The lowest BCUT2D eigenvalue weighted by atomic mass is 10.0. The molecule has 0 saturated heterocycles. The number of hydrogen-bond acceptors (Lipinski definition) is 8. The SMILES string of the molecule is CCc1nc2cccc(-c3cnn(C)c3)c2c(=O)n1-c1ccccc1.CN(C)C(=O)c1cnc(N)nc1N. The second-order valence-corrected chi connectivity index (χ2v) is 8.69. The van der Waals surface area contributed by atoms with Crippen molar-refractivity contribution in [1.82, 2.24) is 34.2 Å². The van der Waals surface area contributed by atoms with Gasteiger partial charge < -0.3 is 16.4 Å². The lowest BCUT2D eigenvalue weighted by Gasteiger charge is -2.14. The molecule has 0 atom stereocenters. The first-order valence-electron chi connectivity index (χ1n) is 11.9. The highest BCUT2D eigenvalue weighted by molar-refractivity contribution is 5.97. The molecule has 4 N–H and O–H groups in total. The van der Waals surface area contributed by atoms with Crippen molar-refractivity contribution in [2.45, 2.75) is 13.3 Å². The van der Waals surface area contributed by atoms with Crippen molar-refractivity contribution in [1.29, 1.82) is 0 Å². The second-order valence-electron chi connectivity index (χ2n) is 8.69. The zero-order valence-electron chi connectivity index (χ0n) is 21.7. The Morgan fingerprint density at radius 2 is 1.74 bits per heavy atom. The first-order chi connectivity index (χ1) is 18.2. The van der Waals surface area contributed by atoms with Crippen LogP contribution < -0.4 is 17.0 Å². The lowest BCUT2D eigenvalue weighted by molar-refractivity contribution is 0.0828. The number of carbonyl (C=O) groups excluding carboxylic acids is 1. The molecule has 3 heterocycles. The molecule has 38 heavy (non-hydrogen) atoms. The Labute approximate surface area is 219 Å². The summed E-state index contributed by atoms with van der Waals surface area (Å²) in [6.45, 7) is 2.01. The number of fused-ring (bicyclic) bond motifs is 1. The van der Waals surface area contributed by atoms with Crippen LogP contribution in [0.25, 0.3) is 27.7 Å². The molecule has 0 unspecified atom stereocenters. The van der Waals surface area contributed by atoms with Crippen molar-refractivity contribution in [2.24, 2.45) is 7.05 Å². The number of anilines is 2. The molecule has 1 amide bonds. The number of rotatable bonds is 4. The van der Waals surface area contributed by atoms with E-state index in [0.717, 1.165) is 28.2 Å². The summed E-state index contributed by atoms with van der Waals surface area (Å²) >= 11 is 0. The molecule has 0 spiro atoms. The average molecular weight is 512 g/mol. The minimum absolute atomic E-state index is 0.0486. The Morgan fingerprint density at radius 3 is 2.34 bits per heavy atom. The van der Waals surface area contributed by atoms with E-state index in [1.807, 2.05) is 68.7 Å².